The SMILES string of the molecule is Cc1cc(C(=O)N2CCCCC2c2nnc([C@H]3CCCO3)o2)c(C)n1C. The summed E-state index contributed by atoms with van der Waals surface area (Å²) in [6, 6.07) is 1.81. The molecular weight excluding hydrogens is 332 g/mol. The first-order valence-electron chi connectivity index (χ1n) is 9.45. The maximum Gasteiger partial charge on any atom is 0.256 e. The Bertz CT molecular complexity index is 804. The van der Waals surface area contributed by atoms with Crippen LogP contribution in [0.5, 0.6) is 0 Å². The molecule has 2 aliphatic rings. The molecule has 2 aromatic rings. The van der Waals surface area contributed by atoms with Gasteiger partial charge in [0.15, 0.2) is 0 Å². The number of hydrogen-bond acceptors (Lipinski definition) is 5. The molecule has 7 nitrogen and oxygen atoms in total. The Morgan fingerprint density at radius 1 is 1.15 bits per heavy atom. The number of amides is 1. The van der Waals surface area contributed by atoms with Crippen molar-refractivity contribution in [1.82, 2.24) is 19.7 Å². The van der Waals surface area contributed by atoms with Crippen LogP contribution in [0.1, 0.15) is 77.8 Å². The molecule has 0 bridgehead atoms. The second kappa shape index (κ2) is 6.87. The van der Waals surface area contributed by atoms with E-state index < -0.39 is 0 Å². The van der Waals surface area contributed by atoms with Crippen molar-refractivity contribution in [2.24, 2.45) is 7.05 Å². The standard InChI is InChI=1S/C19H26N4O3/c1-12-11-14(13(2)22(12)3)19(24)23-9-5-4-7-15(23)17-20-21-18(26-17)16-8-6-10-25-16/h11,15-16H,4-10H2,1-3H3/t15?,16-/m1/s1. The molecule has 4 heterocycles. The molecular formula is C19H26N4O3. The van der Waals surface area contributed by atoms with Crippen LogP contribution in [0, 0.1) is 13.8 Å². The largest absolute Gasteiger partial charge is 0.420 e. The second-order valence-electron chi connectivity index (χ2n) is 7.33. The summed E-state index contributed by atoms with van der Waals surface area (Å²) in [5, 5.41) is 8.45. The predicted octanol–water partition coefficient (Wildman–Crippen LogP) is 3.24. The van der Waals surface area contributed by atoms with Crippen LogP contribution in [0.15, 0.2) is 10.5 Å². The summed E-state index contributed by atoms with van der Waals surface area (Å²) in [6.07, 6.45) is 4.74. The Morgan fingerprint density at radius 3 is 2.65 bits per heavy atom. The molecule has 2 aliphatic heterocycles. The molecule has 2 aromatic heterocycles. The zero-order chi connectivity index (χ0) is 18.3. The van der Waals surface area contributed by atoms with Gasteiger partial charge in [0.05, 0.1) is 5.56 Å². The summed E-state index contributed by atoms with van der Waals surface area (Å²) in [5.41, 5.74) is 2.83. The lowest BCUT2D eigenvalue weighted by atomic mass is 10.0. The van der Waals surface area contributed by atoms with E-state index in [1.54, 1.807) is 0 Å². The average Bonchev–Trinajstić information content (AvgIpc) is 3.39. The fraction of sp³-hybridized carbons (Fsp3) is 0.632. The van der Waals surface area contributed by atoms with E-state index >= 15 is 0 Å². The lowest BCUT2D eigenvalue weighted by molar-refractivity contribution is 0.0549. The lowest BCUT2D eigenvalue weighted by Gasteiger charge is -2.33. The van der Waals surface area contributed by atoms with E-state index in [0.29, 0.717) is 18.3 Å². The molecule has 2 saturated heterocycles. The van der Waals surface area contributed by atoms with Gasteiger partial charge in [-0.25, -0.2) is 0 Å². The van der Waals surface area contributed by atoms with Gasteiger partial charge in [0.25, 0.3) is 5.91 Å². The Morgan fingerprint density at radius 2 is 1.96 bits per heavy atom. The Balaban J connectivity index is 1.60. The van der Waals surface area contributed by atoms with Gasteiger partial charge in [0.2, 0.25) is 11.8 Å². The topological polar surface area (TPSA) is 73.4 Å². The van der Waals surface area contributed by atoms with Gasteiger partial charge >= 0.3 is 0 Å². The molecule has 0 aliphatic carbocycles. The number of hydrogen-bond donors (Lipinski definition) is 0. The quantitative estimate of drug-likeness (QED) is 0.842. The monoisotopic (exact) mass is 358 g/mol. The fourth-order valence-electron chi connectivity index (χ4n) is 3.94. The number of piperidine rings is 1. The number of carbonyl (C=O) groups is 1. The van der Waals surface area contributed by atoms with E-state index in [-0.39, 0.29) is 18.1 Å². The Kier molecular flexibility index (Phi) is 4.56. The van der Waals surface area contributed by atoms with Crippen molar-refractivity contribution in [3.63, 3.8) is 0 Å². The smallest absolute Gasteiger partial charge is 0.256 e. The molecule has 7 heteroatoms. The van der Waals surface area contributed by atoms with E-state index in [9.17, 15) is 4.79 Å². The molecule has 0 saturated carbocycles. The number of carbonyl (C=O) groups excluding carboxylic acids is 1. The summed E-state index contributed by atoms with van der Waals surface area (Å²) in [4.78, 5) is 15.1. The van der Waals surface area contributed by atoms with Gasteiger partial charge in [-0.1, -0.05) is 0 Å². The predicted molar refractivity (Wildman–Crippen MR) is 94.7 cm³/mol. The summed E-state index contributed by atoms with van der Waals surface area (Å²) >= 11 is 0. The third-order valence-electron chi connectivity index (χ3n) is 5.72. The first-order valence-corrected chi connectivity index (χ1v) is 9.45. The van der Waals surface area contributed by atoms with Crippen molar-refractivity contribution >= 4 is 5.91 Å². The molecule has 2 fully saturated rings. The Hall–Kier alpha value is -2.15. The average molecular weight is 358 g/mol. The highest BCUT2D eigenvalue weighted by molar-refractivity contribution is 5.96. The van der Waals surface area contributed by atoms with Crippen molar-refractivity contribution in [3.05, 3.63) is 34.8 Å². The zero-order valence-corrected chi connectivity index (χ0v) is 15.7. The third kappa shape index (κ3) is 2.94. The third-order valence-corrected chi connectivity index (χ3v) is 5.72. The molecule has 26 heavy (non-hydrogen) atoms. The van der Waals surface area contributed by atoms with Crippen LogP contribution in [-0.4, -0.2) is 38.7 Å². The summed E-state index contributed by atoms with van der Waals surface area (Å²) < 4.78 is 13.6. The highest BCUT2D eigenvalue weighted by Gasteiger charge is 2.34. The van der Waals surface area contributed by atoms with Gasteiger partial charge in [0, 0.05) is 31.6 Å². The van der Waals surface area contributed by atoms with Crippen molar-refractivity contribution < 1.29 is 13.9 Å². The van der Waals surface area contributed by atoms with Crippen molar-refractivity contribution in [3.8, 4) is 0 Å². The molecule has 140 valence electrons. The van der Waals surface area contributed by atoms with Gasteiger partial charge in [-0.15, -0.1) is 10.2 Å². The molecule has 4 rings (SSSR count). The van der Waals surface area contributed by atoms with E-state index in [1.807, 2.05) is 31.9 Å². The van der Waals surface area contributed by atoms with Gasteiger partial charge in [-0.3, -0.25) is 4.79 Å². The number of aryl methyl sites for hydroxylation is 1. The first kappa shape index (κ1) is 17.3. The molecule has 0 spiro atoms. The molecule has 1 amide bonds. The van der Waals surface area contributed by atoms with Crippen LogP contribution in [0.25, 0.3) is 0 Å². The number of nitrogens with zero attached hydrogens (tertiary/aromatic N) is 4. The first-order chi connectivity index (χ1) is 12.6. The molecule has 2 atom stereocenters. The van der Waals surface area contributed by atoms with Crippen LogP contribution in [0.2, 0.25) is 0 Å². The summed E-state index contributed by atoms with van der Waals surface area (Å²) in [7, 11) is 1.99. The highest BCUT2D eigenvalue weighted by atomic mass is 16.5. The van der Waals surface area contributed by atoms with Gasteiger partial charge in [-0.2, -0.15) is 0 Å². The van der Waals surface area contributed by atoms with Gasteiger partial charge < -0.3 is 18.6 Å². The van der Waals surface area contributed by atoms with E-state index in [1.165, 1.54) is 0 Å². The van der Waals surface area contributed by atoms with E-state index in [4.69, 9.17) is 9.15 Å². The lowest BCUT2D eigenvalue weighted by Crippen LogP contribution is -2.38. The Labute approximate surface area is 153 Å². The molecule has 1 unspecified atom stereocenters. The summed E-state index contributed by atoms with van der Waals surface area (Å²) in [5.74, 6) is 1.13. The molecule has 0 aromatic carbocycles. The number of likely N-dealkylation sites (tertiary alicyclic amines) is 1. The minimum Gasteiger partial charge on any atom is -0.420 e. The maximum atomic E-state index is 13.2. The van der Waals surface area contributed by atoms with Gasteiger partial charge in [0.1, 0.15) is 12.1 Å². The highest BCUT2D eigenvalue weighted by Crippen LogP contribution is 2.34. The van der Waals surface area contributed by atoms with Crippen LogP contribution in [0.3, 0.4) is 0 Å². The normalized spacial score (nSPS) is 23.6. The second-order valence-corrected chi connectivity index (χ2v) is 7.33. The number of ether oxygens (including phenoxy) is 1. The summed E-state index contributed by atoms with van der Waals surface area (Å²) in [6.45, 7) is 5.46. The van der Waals surface area contributed by atoms with Crippen molar-refractivity contribution in [2.45, 2.75) is 58.1 Å². The number of aromatic nitrogens is 3. The zero-order valence-electron chi connectivity index (χ0n) is 15.7. The van der Waals surface area contributed by atoms with E-state index in [0.717, 1.165) is 55.7 Å². The minimum atomic E-state index is -0.154. The van der Waals surface area contributed by atoms with E-state index in [2.05, 4.69) is 14.8 Å². The van der Waals surface area contributed by atoms with Crippen molar-refractivity contribution in [1.29, 1.82) is 0 Å². The van der Waals surface area contributed by atoms with Crippen LogP contribution >= 0.6 is 0 Å². The maximum absolute atomic E-state index is 13.2. The minimum absolute atomic E-state index is 0.0489. The molecule has 0 N–H and O–H groups in total. The van der Waals surface area contributed by atoms with Crippen molar-refractivity contribution in [2.75, 3.05) is 13.2 Å². The van der Waals surface area contributed by atoms with Gasteiger partial charge in [-0.05, 0) is 52.0 Å². The fourth-order valence-corrected chi connectivity index (χ4v) is 3.94. The number of rotatable bonds is 3. The van der Waals surface area contributed by atoms with Crippen LogP contribution < -0.4 is 0 Å². The van der Waals surface area contributed by atoms with Crippen LogP contribution in [0.4, 0.5) is 0 Å². The van der Waals surface area contributed by atoms with Crippen LogP contribution in [-0.2, 0) is 11.8 Å². The molecule has 0 radical (unpaired) electrons.